The van der Waals surface area contributed by atoms with Gasteiger partial charge in [-0.2, -0.15) is 0 Å². The van der Waals surface area contributed by atoms with E-state index < -0.39 is 5.41 Å². The Kier molecular flexibility index (Phi) is 7.45. The quantitative estimate of drug-likeness (QED) is 0.174. The van der Waals surface area contributed by atoms with Crippen LogP contribution in [0.25, 0.3) is 69.6 Å². The van der Waals surface area contributed by atoms with Gasteiger partial charge in [-0.3, -0.25) is 0 Å². The zero-order chi connectivity index (χ0) is 41.2. The zero-order valence-corrected chi connectivity index (χ0v) is 35.6. The Bertz CT molecular complexity index is 3810. The lowest BCUT2D eigenvalue weighted by atomic mass is 9.59. The monoisotopic (exact) mass is 836 g/mol. The lowest BCUT2D eigenvalue weighted by Gasteiger charge is -2.46. The number of rotatable bonds is 4. The standard InChI is InChI=1S/C59H36N2S2/c1-2-16-38(17-3-1)61-52-24-8-4-18-43(52)47-34-39(30-33-53(47)61)60(41-29-32-45-44-19-5-9-25-54(44)62-57(45)36-41)40-28-31-42-46-20-12-14-37-15-13-23-50(58(37)46)59(51(42)35-40)48-21-6-10-26-55(48)63-56-27-11-7-22-49(56)59/h1-36H. The Balaban J connectivity index is 1.08. The summed E-state index contributed by atoms with van der Waals surface area (Å²) < 4.78 is 4.99. The first-order valence-electron chi connectivity index (χ1n) is 21.6. The average Bonchev–Trinajstić information content (AvgIpc) is 3.88. The highest BCUT2D eigenvalue weighted by atomic mass is 32.2. The largest absolute Gasteiger partial charge is 0.310 e. The lowest BCUT2D eigenvalue weighted by molar-refractivity contribution is 0.707. The third-order valence-electron chi connectivity index (χ3n) is 13.6. The van der Waals surface area contributed by atoms with Crippen molar-refractivity contribution in [3.63, 3.8) is 0 Å². The SMILES string of the molecule is c1ccc(-n2c3ccccc3c3cc(N(c4ccc5c(c4)C4(c6ccccc6Sc6ccccc64)c4cccc6cccc-5c46)c4ccc5c(c4)sc4ccccc45)ccc32)cc1. The van der Waals surface area contributed by atoms with Gasteiger partial charge < -0.3 is 9.47 Å². The maximum Gasteiger partial charge on any atom is 0.0736 e. The molecule has 14 rings (SSSR count). The molecule has 12 aromatic rings. The lowest BCUT2D eigenvalue weighted by Crippen LogP contribution is -2.36. The molecule has 1 aliphatic carbocycles. The third-order valence-corrected chi connectivity index (χ3v) is 15.9. The number of hydrogen-bond donors (Lipinski definition) is 0. The van der Waals surface area contributed by atoms with Gasteiger partial charge in [0.2, 0.25) is 0 Å². The van der Waals surface area contributed by atoms with Crippen LogP contribution in [0.4, 0.5) is 17.1 Å². The van der Waals surface area contributed by atoms with Crippen molar-refractivity contribution < 1.29 is 0 Å². The first-order chi connectivity index (χ1) is 31.2. The van der Waals surface area contributed by atoms with Crippen LogP contribution in [0.15, 0.2) is 228 Å². The molecule has 10 aromatic carbocycles. The van der Waals surface area contributed by atoms with Crippen LogP contribution >= 0.6 is 23.1 Å². The molecule has 0 unspecified atom stereocenters. The highest BCUT2D eigenvalue weighted by Gasteiger charge is 2.48. The Morgan fingerprint density at radius 3 is 1.84 bits per heavy atom. The molecule has 0 N–H and O–H groups in total. The van der Waals surface area contributed by atoms with Gasteiger partial charge >= 0.3 is 0 Å². The van der Waals surface area contributed by atoms with Gasteiger partial charge in [0.1, 0.15) is 0 Å². The number of hydrogen-bond acceptors (Lipinski definition) is 3. The van der Waals surface area contributed by atoms with E-state index in [-0.39, 0.29) is 0 Å². The molecule has 63 heavy (non-hydrogen) atoms. The minimum absolute atomic E-state index is 0.550. The number of anilines is 3. The van der Waals surface area contributed by atoms with Crippen molar-refractivity contribution in [3.8, 4) is 16.8 Å². The van der Waals surface area contributed by atoms with E-state index in [4.69, 9.17) is 0 Å². The van der Waals surface area contributed by atoms with Gasteiger partial charge in [-0.05, 0) is 123 Å². The summed E-state index contributed by atoms with van der Waals surface area (Å²) >= 11 is 3.76. The molecule has 4 heteroatoms. The summed E-state index contributed by atoms with van der Waals surface area (Å²) in [6.07, 6.45) is 0. The predicted molar refractivity (Wildman–Crippen MR) is 267 cm³/mol. The van der Waals surface area contributed by atoms with Crippen LogP contribution in [0.3, 0.4) is 0 Å². The second-order valence-corrected chi connectivity index (χ2v) is 19.0. The van der Waals surface area contributed by atoms with E-state index in [2.05, 4.69) is 228 Å². The summed E-state index contributed by atoms with van der Waals surface area (Å²) in [4.78, 5) is 5.11. The molecule has 2 aliphatic rings. The maximum atomic E-state index is 2.53. The fourth-order valence-corrected chi connectivity index (χ4v) is 13.4. The molecule has 0 amide bonds. The molecule has 0 saturated heterocycles. The second kappa shape index (κ2) is 13.3. The van der Waals surface area contributed by atoms with Crippen LogP contribution in [0.5, 0.6) is 0 Å². The molecule has 0 saturated carbocycles. The summed E-state index contributed by atoms with van der Waals surface area (Å²) in [6.45, 7) is 0. The molecule has 1 spiro atoms. The number of thiophene rings is 1. The van der Waals surface area contributed by atoms with Crippen molar-refractivity contribution in [2.75, 3.05) is 4.90 Å². The maximum absolute atomic E-state index is 2.53. The second-order valence-electron chi connectivity index (χ2n) is 16.8. The number of para-hydroxylation sites is 2. The van der Waals surface area contributed by atoms with Gasteiger partial charge in [-0.25, -0.2) is 0 Å². The van der Waals surface area contributed by atoms with Crippen LogP contribution in [0.1, 0.15) is 22.3 Å². The summed E-state index contributed by atoms with van der Waals surface area (Å²) in [5, 5.41) is 7.67. The Morgan fingerprint density at radius 1 is 0.381 bits per heavy atom. The molecule has 2 nitrogen and oxygen atoms in total. The molecule has 0 bridgehead atoms. The summed E-state index contributed by atoms with van der Waals surface area (Å²) in [5.41, 5.74) is 14.3. The molecule has 2 aromatic heterocycles. The summed E-state index contributed by atoms with van der Waals surface area (Å²) in [5.74, 6) is 0. The molecule has 0 atom stereocenters. The van der Waals surface area contributed by atoms with Gasteiger partial charge in [-0.15, -0.1) is 11.3 Å². The molecule has 1 aliphatic heterocycles. The zero-order valence-electron chi connectivity index (χ0n) is 34.0. The first kappa shape index (κ1) is 35.2. The van der Waals surface area contributed by atoms with Crippen molar-refractivity contribution >= 4 is 92.9 Å². The Labute approximate surface area is 372 Å². The van der Waals surface area contributed by atoms with Gasteiger partial charge in [0.05, 0.1) is 16.4 Å². The van der Waals surface area contributed by atoms with Crippen LogP contribution in [0.2, 0.25) is 0 Å². The molecular formula is C59H36N2S2. The van der Waals surface area contributed by atoms with Crippen molar-refractivity contribution in [2.45, 2.75) is 15.2 Å². The fraction of sp³-hybridized carbons (Fsp3) is 0.0169. The van der Waals surface area contributed by atoms with Crippen molar-refractivity contribution in [2.24, 2.45) is 0 Å². The van der Waals surface area contributed by atoms with E-state index in [1.807, 2.05) is 23.1 Å². The van der Waals surface area contributed by atoms with E-state index >= 15 is 0 Å². The normalized spacial score (nSPS) is 13.5. The van der Waals surface area contributed by atoms with Crippen LogP contribution in [0, 0.1) is 0 Å². The molecule has 0 radical (unpaired) electrons. The molecule has 3 heterocycles. The fourth-order valence-electron chi connectivity index (χ4n) is 11.1. The predicted octanol–water partition coefficient (Wildman–Crippen LogP) is 16.6. The molecule has 294 valence electrons. The summed E-state index contributed by atoms with van der Waals surface area (Å²) in [7, 11) is 0. The van der Waals surface area contributed by atoms with Crippen molar-refractivity contribution in [1.82, 2.24) is 4.57 Å². The average molecular weight is 837 g/mol. The van der Waals surface area contributed by atoms with E-state index in [0.29, 0.717) is 0 Å². The molecule has 0 fully saturated rings. The van der Waals surface area contributed by atoms with Crippen molar-refractivity contribution in [1.29, 1.82) is 0 Å². The minimum Gasteiger partial charge on any atom is -0.310 e. The van der Waals surface area contributed by atoms with Gasteiger partial charge in [0.15, 0.2) is 0 Å². The number of aromatic nitrogens is 1. The van der Waals surface area contributed by atoms with Crippen molar-refractivity contribution in [3.05, 3.63) is 241 Å². The van der Waals surface area contributed by atoms with E-state index in [1.54, 1.807) is 0 Å². The topological polar surface area (TPSA) is 8.17 Å². The van der Waals surface area contributed by atoms with Crippen LogP contribution in [-0.2, 0) is 5.41 Å². The number of nitrogens with zero attached hydrogens (tertiary/aromatic N) is 2. The first-order valence-corrected chi connectivity index (χ1v) is 23.2. The van der Waals surface area contributed by atoms with E-state index in [0.717, 1.165) is 22.7 Å². The van der Waals surface area contributed by atoms with E-state index in [9.17, 15) is 0 Å². The third kappa shape index (κ3) is 4.91. The number of benzene rings is 10. The van der Waals surface area contributed by atoms with Crippen LogP contribution in [-0.4, -0.2) is 4.57 Å². The number of fused-ring (bicyclic) bond motifs is 14. The minimum atomic E-state index is -0.550. The Hall–Kier alpha value is -7.37. The summed E-state index contributed by atoms with van der Waals surface area (Å²) in [6, 6.07) is 81.8. The van der Waals surface area contributed by atoms with Gasteiger partial charge in [0, 0.05) is 63.5 Å². The van der Waals surface area contributed by atoms with E-state index in [1.165, 1.54) is 95.9 Å². The smallest absolute Gasteiger partial charge is 0.0736 e. The molecular weight excluding hydrogens is 801 g/mol. The highest BCUT2D eigenvalue weighted by Crippen LogP contribution is 2.62. The highest BCUT2D eigenvalue weighted by molar-refractivity contribution is 7.99. The Morgan fingerprint density at radius 2 is 1.00 bits per heavy atom. The van der Waals surface area contributed by atoms with Crippen LogP contribution < -0.4 is 4.90 Å². The van der Waals surface area contributed by atoms with Gasteiger partial charge in [-0.1, -0.05) is 151 Å². The van der Waals surface area contributed by atoms with Gasteiger partial charge in [0.25, 0.3) is 0 Å².